The molecule has 1 aromatic heterocycles. The Morgan fingerprint density at radius 3 is 3.07 bits per heavy atom. The second-order valence-electron chi connectivity index (χ2n) is 3.84. The number of ether oxygens (including phenoxy) is 1. The summed E-state index contributed by atoms with van der Waals surface area (Å²) in [4.78, 5) is 8.69. The lowest BCUT2D eigenvalue weighted by molar-refractivity contribution is 0.0503. The van der Waals surface area contributed by atoms with E-state index in [9.17, 15) is 0 Å². The lowest BCUT2D eigenvalue weighted by Gasteiger charge is -2.10. The van der Waals surface area contributed by atoms with Gasteiger partial charge in [0.05, 0.1) is 6.10 Å². The molecule has 0 saturated carbocycles. The number of hydrogen-bond donors (Lipinski definition) is 1. The molecule has 1 saturated heterocycles. The van der Waals surface area contributed by atoms with Gasteiger partial charge in [0.25, 0.3) is 0 Å². The van der Waals surface area contributed by atoms with E-state index in [4.69, 9.17) is 4.74 Å². The molecule has 1 aromatic rings. The minimum atomic E-state index is 0.0820. The third-order valence-electron chi connectivity index (χ3n) is 2.55. The van der Waals surface area contributed by atoms with Crippen LogP contribution in [0.3, 0.4) is 0 Å². The molecule has 2 rings (SSSR count). The average molecular weight is 207 g/mol. The van der Waals surface area contributed by atoms with Crippen molar-refractivity contribution in [3.8, 4) is 0 Å². The first-order valence-corrected chi connectivity index (χ1v) is 5.52. The zero-order valence-electron chi connectivity index (χ0n) is 9.23. The summed E-state index contributed by atoms with van der Waals surface area (Å²) in [6.45, 7) is 5.02. The van der Waals surface area contributed by atoms with Crippen LogP contribution in [0, 0.1) is 0 Å². The number of anilines is 1. The van der Waals surface area contributed by atoms with Crippen LogP contribution in [0.1, 0.15) is 38.6 Å². The molecule has 1 N–H and O–H groups in total. The van der Waals surface area contributed by atoms with Gasteiger partial charge in [-0.1, -0.05) is 0 Å². The van der Waals surface area contributed by atoms with Gasteiger partial charge in [0, 0.05) is 12.7 Å². The zero-order valence-corrected chi connectivity index (χ0v) is 9.23. The van der Waals surface area contributed by atoms with E-state index >= 15 is 0 Å². The lowest BCUT2D eigenvalue weighted by Crippen LogP contribution is -2.08. The van der Waals surface area contributed by atoms with Crippen LogP contribution < -0.4 is 5.32 Å². The van der Waals surface area contributed by atoms with Gasteiger partial charge >= 0.3 is 0 Å². The minimum absolute atomic E-state index is 0.0820. The Kier molecular flexibility index (Phi) is 3.16. The molecule has 0 aromatic carbocycles. The van der Waals surface area contributed by atoms with Gasteiger partial charge in [-0.3, -0.25) is 0 Å². The standard InChI is InChI=1S/C11H17N3O/c1-3-12-10-6-7-13-11(14-10)9-5-4-8(2)15-9/h6-9H,3-5H2,1-2H3,(H,12,13,14). The maximum Gasteiger partial charge on any atom is 0.159 e. The lowest BCUT2D eigenvalue weighted by atomic mass is 10.2. The van der Waals surface area contributed by atoms with Gasteiger partial charge in [-0.25, -0.2) is 9.97 Å². The first-order chi connectivity index (χ1) is 7.29. The van der Waals surface area contributed by atoms with Gasteiger partial charge in [-0.2, -0.15) is 0 Å². The van der Waals surface area contributed by atoms with Crippen LogP contribution in [0.4, 0.5) is 5.82 Å². The highest BCUT2D eigenvalue weighted by Crippen LogP contribution is 2.30. The number of aromatic nitrogens is 2. The minimum Gasteiger partial charge on any atom is -0.370 e. The third-order valence-corrected chi connectivity index (χ3v) is 2.55. The molecule has 2 unspecified atom stereocenters. The van der Waals surface area contributed by atoms with Crippen molar-refractivity contribution in [3.05, 3.63) is 18.1 Å². The molecule has 1 aliphatic heterocycles. The molecule has 4 nitrogen and oxygen atoms in total. The summed E-state index contributed by atoms with van der Waals surface area (Å²) in [7, 11) is 0. The molecular formula is C11H17N3O. The van der Waals surface area contributed by atoms with E-state index in [2.05, 4.69) is 29.1 Å². The molecule has 15 heavy (non-hydrogen) atoms. The summed E-state index contributed by atoms with van der Waals surface area (Å²) >= 11 is 0. The summed E-state index contributed by atoms with van der Waals surface area (Å²) in [5.41, 5.74) is 0. The molecule has 0 radical (unpaired) electrons. The van der Waals surface area contributed by atoms with Crippen LogP contribution in [-0.4, -0.2) is 22.6 Å². The van der Waals surface area contributed by atoms with E-state index in [1.807, 2.05) is 6.07 Å². The van der Waals surface area contributed by atoms with Gasteiger partial charge in [-0.15, -0.1) is 0 Å². The molecule has 2 heterocycles. The number of rotatable bonds is 3. The molecule has 4 heteroatoms. The fourth-order valence-corrected chi connectivity index (χ4v) is 1.80. The van der Waals surface area contributed by atoms with Crippen molar-refractivity contribution in [1.82, 2.24) is 9.97 Å². The fourth-order valence-electron chi connectivity index (χ4n) is 1.80. The van der Waals surface area contributed by atoms with Crippen molar-refractivity contribution >= 4 is 5.82 Å². The fraction of sp³-hybridized carbons (Fsp3) is 0.636. The van der Waals surface area contributed by atoms with E-state index in [-0.39, 0.29) is 6.10 Å². The second kappa shape index (κ2) is 4.57. The van der Waals surface area contributed by atoms with E-state index in [0.29, 0.717) is 6.10 Å². The van der Waals surface area contributed by atoms with E-state index < -0.39 is 0 Å². The van der Waals surface area contributed by atoms with Crippen LogP contribution in [0.25, 0.3) is 0 Å². The van der Waals surface area contributed by atoms with E-state index in [1.165, 1.54) is 0 Å². The largest absolute Gasteiger partial charge is 0.370 e. The highest BCUT2D eigenvalue weighted by atomic mass is 16.5. The quantitative estimate of drug-likeness (QED) is 0.825. The van der Waals surface area contributed by atoms with Gasteiger partial charge < -0.3 is 10.1 Å². The number of nitrogens with one attached hydrogen (secondary N) is 1. The van der Waals surface area contributed by atoms with Crippen LogP contribution in [-0.2, 0) is 4.74 Å². The van der Waals surface area contributed by atoms with Crippen LogP contribution in [0.2, 0.25) is 0 Å². The van der Waals surface area contributed by atoms with Crippen molar-refractivity contribution in [2.75, 3.05) is 11.9 Å². The first kappa shape index (κ1) is 10.4. The maximum absolute atomic E-state index is 5.73. The van der Waals surface area contributed by atoms with Gasteiger partial charge in [0.1, 0.15) is 11.9 Å². The highest BCUT2D eigenvalue weighted by Gasteiger charge is 2.25. The molecule has 82 valence electrons. The normalized spacial score (nSPS) is 25.5. The van der Waals surface area contributed by atoms with Gasteiger partial charge in [-0.05, 0) is 32.8 Å². The molecule has 2 atom stereocenters. The predicted octanol–water partition coefficient (Wildman–Crippen LogP) is 2.15. The molecule has 0 amide bonds. The zero-order chi connectivity index (χ0) is 10.7. The molecular weight excluding hydrogens is 190 g/mol. The predicted molar refractivity (Wildman–Crippen MR) is 58.7 cm³/mol. The summed E-state index contributed by atoms with van der Waals surface area (Å²) in [5.74, 6) is 1.68. The molecule has 0 spiro atoms. The summed E-state index contributed by atoms with van der Waals surface area (Å²) in [5, 5.41) is 3.18. The third kappa shape index (κ3) is 2.45. The Morgan fingerprint density at radius 1 is 1.53 bits per heavy atom. The Morgan fingerprint density at radius 2 is 2.40 bits per heavy atom. The molecule has 1 fully saturated rings. The Bertz CT molecular complexity index is 329. The second-order valence-corrected chi connectivity index (χ2v) is 3.84. The van der Waals surface area contributed by atoms with E-state index in [0.717, 1.165) is 31.0 Å². The number of nitrogens with zero attached hydrogens (tertiary/aromatic N) is 2. The van der Waals surface area contributed by atoms with E-state index in [1.54, 1.807) is 6.20 Å². The van der Waals surface area contributed by atoms with Crippen LogP contribution in [0.5, 0.6) is 0 Å². The Labute approximate surface area is 90.1 Å². The smallest absolute Gasteiger partial charge is 0.159 e. The monoisotopic (exact) mass is 207 g/mol. The summed E-state index contributed by atoms with van der Waals surface area (Å²) < 4.78 is 5.73. The Hall–Kier alpha value is -1.16. The maximum atomic E-state index is 5.73. The number of hydrogen-bond acceptors (Lipinski definition) is 4. The summed E-state index contributed by atoms with van der Waals surface area (Å²) in [6.07, 6.45) is 4.32. The molecule has 0 bridgehead atoms. The van der Waals surface area contributed by atoms with Gasteiger partial charge in [0.15, 0.2) is 5.82 Å². The molecule has 1 aliphatic rings. The SMILES string of the molecule is CCNc1ccnc(C2CCC(C)O2)n1. The topological polar surface area (TPSA) is 47.0 Å². The summed E-state index contributed by atoms with van der Waals surface area (Å²) in [6, 6.07) is 1.88. The van der Waals surface area contributed by atoms with Gasteiger partial charge in [0.2, 0.25) is 0 Å². The van der Waals surface area contributed by atoms with Crippen molar-refractivity contribution in [1.29, 1.82) is 0 Å². The van der Waals surface area contributed by atoms with Crippen molar-refractivity contribution in [3.63, 3.8) is 0 Å². The van der Waals surface area contributed by atoms with Crippen molar-refractivity contribution in [2.24, 2.45) is 0 Å². The Balaban J connectivity index is 2.10. The van der Waals surface area contributed by atoms with Crippen LogP contribution >= 0.6 is 0 Å². The first-order valence-electron chi connectivity index (χ1n) is 5.52. The van der Waals surface area contributed by atoms with Crippen LogP contribution in [0.15, 0.2) is 12.3 Å². The molecule has 0 aliphatic carbocycles. The van der Waals surface area contributed by atoms with Crippen molar-refractivity contribution in [2.45, 2.75) is 38.9 Å². The van der Waals surface area contributed by atoms with Crippen molar-refractivity contribution < 1.29 is 4.74 Å². The highest BCUT2D eigenvalue weighted by molar-refractivity contribution is 5.32. The average Bonchev–Trinajstić information content (AvgIpc) is 2.66.